The second kappa shape index (κ2) is 8.62. The first kappa shape index (κ1) is 17.6. The fourth-order valence-corrected chi connectivity index (χ4v) is 3.86. The molecule has 0 heterocycles. The predicted octanol–water partition coefficient (Wildman–Crippen LogP) is 2.85. The summed E-state index contributed by atoms with van der Waals surface area (Å²) in [4.78, 5) is 0. The monoisotopic (exact) mass is 301 g/mol. The summed E-state index contributed by atoms with van der Waals surface area (Å²) < 4.78 is 26.2. The van der Waals surface area contributed by atoms with Crippen molar-refractivity contribution in [2.75, 3.05) is 24.4 Å². The molecule has 3 nitrogen and oxygen atoms in total. The van der Waals surface area contributed by atoms with Gasteiger partial charge in [0, 0.05) is 17.2 Å². The minimum absolute atomic E-state index is 0.0273. The molecule has 0 saturated carbocycles. The second-order valence-corrected chi connectivity index (χ2v) is 7.71. The van der Waals surface area contributed by atoms with Gasteiger partial charge in [0.25, 0.3) is 0 Å². The Balaban J connectivity index is 4.24. The summed E-state index contributed by atoms with van der Waals surface area (Å²) in [6, 6.07) is 0. The van der Waals surface area contributed by atoms with E-state index in [1.165, 1.54) is 0 Å². The van der Waals surface area contributed by atoms with E-state index in [2.05, 4.69) is 18.6 Å². The molecule has 0 saturated heterocycles. The molecule has 6 heteroatoms. The molecule has 0 rings (SSSR count). The molecule has 17 heavy (non-hydrogen) atoms. The van der Waals surface area contributed by atoms with Gasteiger partial charge in [0.15, 0.2) is 0 Å². The van der Waals surface area contributed by atoms with Crippen LogP contribution in [0.2, 0.25) is 0 Å². The van der Waals surface area contributed by atoms with E-state index in [1.54, 1.807) is 11.8 Å². The van der Waals surface area contributed by atoms with Crippen LogP contribution in [-0.4, -0.2) is 37.6 Å². The lowest BCUT2D eigenvalue weighted by molar-refractivity contribution is 0.521. The molecular weight excluding hydrogens is 278 g/mol. The highest BCUT2D eigenvalue weighted by Crippen LogP contribution is 2.29. The summed E-state index contributed by atoms with van der Waals surface area (Å²) in [5.74, 6) is 0.700. The van der Waals surface area contributed by atoms with Gasteiger partial charge in [-0.1, -0.05) is 13.8 Å². The van der Waals surface area contributed by atoms with Crippen molar-refractivity contribution in [2.45, 2.75) is 44.3 Å². The summed E-state index contributed by atoms with van der Waals surface area (Å²) in [7, 11) is -3.14. The molecule has 0 aliphatic rings. The summed E-state index contributed by atoms with van der Waals surface area (Å²) in [5, 5.41) is 0. The van der Waals surface area contributed by atoms with Gasteiger partial charge in [-0.05, 0) is 31.9 Å². The minimum Gasteiger partial charge on any atom is -0.214 e. The lowest BCUT2D eigenvalue weighted by atomic mass is 10.0. The van der Waals surface area contributed by atoms with Gasteiger partial charge in [-0.25, -0.2) is 13.1 Å². The molecule has 0 amide bonds. The number of sulfonamides is 1. The number of unbranched alkanes of at least 4 members (excludes halogenated alkanes) is 1. The molecule has 0 fully saturated rings. The lowest BCUT2D eigenvalue weighted by Crippen LogP contribution is -2.40. The Bertz CT molecular complexity index is 282. The predicted molar refractivity (Wildman–Crippen MR) is 78.6 cm³/mol. The van der Waals surface area contributed by atoms with E-state index in [9.17, 15) is 8.42 Å². The van der Waals surface area contributed by atoms with Crippen LogP contribution >= 0.6 is 23.4 Å². The van der Waals surface area contributed by atoms with Crippen LogP contribution in [0, 0.1) is 0 Å². The smallest absolute Gasteiger partial charge is 0.211 e. The third-order valence-corrected chi connectivity index (χ3v) is 6.40. The first-order valence-electron chi connectivity index (χ1n) is 6.03. The van der Waals surface area contributed by atoms with Crippen LogP contribution in [0.5, 0.6) is 0 Å². The van der Waals surface area contributed by atoms with Crippen molar-refractivity contribution in [3.05, 3.63) is 0 Å². The van der Waals surface area contributed by atoms with Crippen LogP contribution in [0.1, 0.15) is 39.5 Å². The quantitative estimate of drug-likeness (QED) is 0.498. The largest absolute Gasteiger partial charge is 0.214 e. The van der Waals surface area contributed by atoms with Crippen molar-refractivity contribution in [2.24, 2.45) is 0 Å². The van der Waals surface area contributed by atoms with Crippen molar-refractivity contribution in [3.8, 4) is 0 Å². The van der Waals surface area contributed by atoms with Crippen molar-refractivity contribution in [1.29, 1.82) is 0 Å². The molecule has 1 N–H and O–H groups in total. The first-order chi connectivity index (χ1) is 7.95. The van der Waals surface area contributed by atoms with Crippen molar-refractivity contribution in [3.63, 3.8) is 0 Å². The first-order valence-corrected chi connectivity index (χ1v) is 9.45. The zero-order valence-corrected chi connectivity index (χ0v) is 13.3. The van der Waals surface area contributed by atoms with E-state index in [4.69, 9.17) is 11.6 Å². The number of nitrogens with one attached hydrogen (secondary N) is 1. The average Bonchev–Trinajstić information content (AvgIpc) is 2.32. The fourth-order valence-electron chi connectivity index (χ4n) is 1.56. The summed E-state index contributed by atoms with van der Waals surface area (Å²) in [6.45, 7) is 4.72. The molecule has 0 aromatic heterocycles. The third-order valence-electron chi connectivity index (χ3n) is 3.13. The van der Waals surface area contributed by atoms with Crippen LogP contribution in [0.15, 0.2) is 0 Å². The zero-order valence-electron chi connectivity index (χ0n) is 11.0. The molecule has 0 aromatic rings. The molecule has 0 aliphatic heterocycles. The molecule has 0 unspecified atom stereocenters. The van der Waals surface area contributed by atoms with E-state index < -0.39 is 10.0 Å². The van der Waals surface area contributed by atoms with E-state index in [-0.39, 0.29) is 10.5 Å². The minimum atomic E-state index is -3.14. The molecule has 0 spiro atoms. The fraction of sp³-hybridized carbons (Fsp3) is 1.00. The highest BCUT2D eigenvalue weighted by Gasteiger charge is 2.26. The number of hydrogen-bond acceptors (Lipinski definition) is 3. The molecule has 0 aliphatic carbocycles. The highest BCUT2D eigenvalue weighted by molar-refractivity contribution is 8.00. The van der Waals surface area contributed by atoms with Gasteiger partial charge >= 0.3 is 0 Å². The van der Waals surface area contributed by atoms with Crippen LogP contribution in [0.25, 0.3) is 0 Å². The number of thioether (sulfide) groups is 1. The Hall–Kier alpha value is 0.550. The van der Waals surface area contributed by atoms with Crippen molar-refractivity contribution in [1.82, 2.24) is 4.72 Å². The summed E-state index contributed by atoms with van der Waals surface area (Å²) in [5.41, 5.74) is 0. The Morgan fingerprint density at radius 1 is 1.24 bits per heavy atom. The van der Waals surface area contributed by atoms with Gasteiger partial charge in [0.1, 0.15) is 0 Å². The number of rotatable bonds is 10. The van der Waals surface area contributed by atoms with Crippen molar-refractivity contribution < 1.29 is 8.42 Å². The third kappa shape index (κ3) is 6.89. The van der Waals surface area contributed by atoms with Gasteiger partial charge in [-0.2, -0.15) is 11.8 Å². The maximum atomic E-state index is 11.7. The zero-order chi connectivity index (χ0) is 13.4. The van der Waals surface area contributed by atoms with Gasteiger partial charge in [-0.15, -0.1) is 11.6 Å². The SMILES string of the molecule is CCC(CC)(CNS(=O)(=O)CCCCCl)SC. The second-order valence-electron chi connectivity index (χ2n) is 4.13. The van der Waals surface area contributed by atoms with E-state index in [1.807, 2.05) is 6.26 Å². The van der Waals surface area contributed by atoms with Crippen molar-refractivity contribution >= 4 is 33.4 Å². The number of alkyl halides is 1. The van der Waals surface area contributed by atoms with Gasteiger partial charge < -0.3 is 0 Å². The summed E-state index contributed by atoms with van der Waals surface area (Å²) in [6.07, 6.45) is 5.35. The molecule has 0 bridgehead atoms. The van der Waals surface area contributed by atoms with Crippen LogP contribution in [0.3, 0.4) is 0 Å². The van der Waals surface area contributed by atoms with Crippen LogP contribution in [-0.2, 0) is 10.0 Å². The molecule has 104 valence electrons. The molecule has 0 aromatic carbocycles. The van der Waals surface area contributed by atoms with Gasteiger partial charge in [0.2, 0.25) is 10.0 Å². The molecule has 0 radical (unpaired) electrons. The van der Waals surface area contributed by atoms with E-state index >= 15 is 0 Å². The van der Waals surface area contributed by atoms with E-state index in [0.29, 0.717) is 18.8 Å². The Morgan fingerprint density at radius 2 is 1.82 bits per heavy atom. The Kier molecular flexibility index (Phi) is 8.90. The maximum Gasteiger partial charge on any atom is 0.211 e. The normalized spacial score (nSPS) is 12.9. The number of hydrogen-bond donors (Lipinski definition) is 1. The lowest BCUT2D eigenvalue weighted by Gasteiger charge is -2.29. The van der Waals surface area contributed by atoms with Crippen LogP contribution in [0.4, 0.5) is 0 Å². The molecule has 0 atom stereocenters. The topological polar surface area (TPSA) is 46.2 Å². The van der Waals surface area contributed by atoms with Gasteiger partial charge in [0.05, 0.1) is 5.75 Å². The Labute approximate surface area is 115 Å². The van der Waals surface area contributed by atoms with Crippen LogP contribution < -0.4 is 4.72 Å². The summed E-state index contributed by atoms with van der Waals surface area (Å²) >= 11 is 7.27. The molecular formula is C11H24ClNO2S2. The maximum absolute atomic E-state index is 11.7. The van der Waals surface area contributed by atoms with E-state index in [0.717, 1.165) is 19.3 Å². The van der Waals surface area contributed by atoms with Gasteiger partial charge in [-0.3, -0.25) is 0 Å². The number of halogens is 1. The Morgan fingerprint density at radius 3 is 2.24 bits per heavy atom. The highest BCUT2D eigenvalue weighted by atomic mass is 35.5. The average molecular weight is 302 g/mol. The standard InChI is InChI=1S/C11H24ClNO2S2/c1-4-11(5-2,16-3)10-13-17(14,15)9-7-6-8-12/h13H,4-10H2,1-3H3.